The molecule has 0 bridgehead atoms. The van der Waals surface area contributed by atoms with Crippen LogP contribution in [0.15, 0.2) is 89.5 Å². The van der Waals surface area contributed by atoms with Gasteiger partial charge in [-0.1, -0.05) is 77.7 Å². The van der Waals surface area contributed by atoms with Crippen LogP contribution in [-0.2, 0) is 4.74 Å². The highest BCUT2D eigenvalue weighted by Crippen LogP contribution is 2.36. The summed E-state index contributed by atoms with van der Waals surface area (Å²) in [6.07, 6.45) is -1.26. The van der Waals surface area contributed by atoms with E-state index in [-0.39, 0.29) is 5.89 Å². The lowest BCUT2D eigenvalue weighted by molar-refractivity contribution is 0.108. The molecule has 1 aromatic heterocycles. The summed E-state index contributed by atoms with van der Waals surface area (Å²) in [5.41, 5.74) is 3.43. The number of amides is 1. The van der Waals surface area contributed by atoms with Gasteiger partial charge in [-0.05, 0) is 29.8 Å². The van der Waals surface area contributed by atoms with E-state index in [1.807, 2.05) is 84.9 Å². The topological polar surface area (TPSA) is 77.3 Å². The summed E-state index contributed by atoms with van der Waals surface area (Å²) in [6.45, 7) is 0. The minimum atomic E-state index is -0.727. The molecule has 0 saturated carbocycles. The number of hydrogen-bond acceptors (Lipinski definition) is 5. The van der Waals surface area contributed by atoms with E-state index in [9.17, 15) is 4.79 Å². The van der Waals surface area contributed by atoms with Crippen molar-refractivity contribution in [2.24, 2.45) is 0 Å². The third-order valence-electron chi connectivity index (χ3n) is 4.90. The molecule has 5 rings (SSSR count). The van der Waals surface area contributed by atoms with Gasteiger partial charge in [0.2, 0.25) is 11.9 Å². The van der Waals surface area contributed by atoms with Crippen LogP contribution in [0.3, 0.4) is 0 Å². The van der Waals surface area contributed by atoms with Crippen LogP contribution < -0.4 is 5.32 Å². The van der Waals surface area contributed by atoms with Gasteiger partial charge in [0, 0.05) is 16.7 Å². The zero-order valence-electron chi connectivity index (χ0n) is 16.4. The monoisotopic (exact) mass is 407 g/mol. The maximum atomic E-state index is 12.0. The number of hydrogen-bond donors (Lipinski definition) is 1. The molecule has 6 heteroatoms. The number of nitrogens with zero attached hydrogens (tertiary/aromatic N) is 2. The number of aromatic nitrogens is 2. The van der Waals surface area contributed by atoms with Crippen molar-refractivity contribution in [2.75, 3.05) is 0 Å². The van der Waals surface area contributed by atoms with Crippen LogP contribution in [0, 0.1) is 11.8 Å². The zero-order chi connectivity index (χ0) is 21.0. The minimum Gasteiger partial charge on any atom is -0.433 e. The second-order valence-corrected chi connectivity index (χ2v) is 7.01. The summed E-state index contributed by atoms with van der Waals surface area (Å²) >= 11 is 0. The van der Waals surface area contributed by atoms with E-state index in [4.69, 9.17) is 9.26 Å². The Balaban J connectivity index is 1.43. The molecular weight excluding hydrogens is 390 g/mol. The predicted molar refractivity (Wildman–Crippen MR) is 114 cm³/mol. The lowest BCUT2D eigenvalue weighted by Crippen LogP contribution is -2.19. The van der Waals surface area contributed by atoms with Gasteiger partial charge in [0.1, 0.15) is 6.04 Å². The first-order chi connectivity index (χ1) is 15.3. The third-order valence-corrected chi connectivity index (χ3v) is 4.90. The smallest absolute Gasteiger partial charge is 0.408 e. The molecule has 1 saturated heterocycles. The molecule has 6 nitrogen and oxygen atoms in total. The van der Waals surface area contributed by atoms with E-state index >= 15 is 0 Å². The summed E-state index contributed by atoms with van der Waals surface area (Å²) in [4.78, 5) is 16.5. The summed E-state index contributed by atoms with van der Waals surface area (Å²) in [5.74, 6) is 6.99. The average Bonchev–Trinajstić information content (AvgIpc) is 3.46. The number of ether oxygens (including phenoxy) is 1. The number of nitrogens with one attached hydrogen (secondary N) is 1. The first-order valence-corrected chi connectivity index (χ1v) is 9.79. The first-order valence-electron chi connectivity index (χ1n) is 9.79. The number of alkyl carbamates (subject to hydrolysis) is 1. The van der Waals surface area contributed by atoms with Gasteiger partial charge in [-0.25, -0.2) is 4.79 Å². The fourth-order valence-electron chi connectivity index (χ4n) is 3.40. The van der Waals surface area contributed by atoms with Crippen LogP contribution in [0.2, 0.25) is 0 Å². The Hall–Kier alpha value is -4.37. The second-order valence-electron chi connectivity index (χ2n) is 7.01. The predicted octanol–water partition coefficient (Wildman–Crippen LogP) is 4.66. The molecule has 0 radical (unpaired) electrons. The van der Waals surface area contributed by atoms with Crippen molar-refractivity contribution in [3.05, 3.63) is 108 Å². The molecule has 4 aromatic rings. The summed E-state index contributed by atoms with van der Waals surface area (Å²) < 4.78 is 10.9. The largest absolute Gasteiger partial charge is 0.433 e. The molecule has 1 fully saturated rings. The van der Waals surface area contributed by atoms with Crippen LogP contribution in [0.25, 0.3) is 11.4 Å². The van der Waals surface area contributed by atoms with Crippen LogP contribution in [0.4, 0.5) is 4.79 Å². The molecule has 1 aliphatic heterocycles. The Morgan fingerprint density at radius 1 is 0.839 bits per heavy atom. The SMILES string of the molecule is O=C1N[C@H](c2cccc(C#Cc3ccccc3)c2)[C@@H](c2nc(-c3ccccc3)no2)O1. The van der Waals surface area contributed by atoms with E-state index in [1.54, 1.807) is 0 Å². The standard InChI is InChI=1S/C25H17N3O3/c29-25-26-21(20-13-7-10-18(16-20)15-14-17-8-3-1-4-9-17)22(30-25)24-27-23(28-31-24)19-11-5-2-6-12-19/h1-13,16,21-22H,(H,26,29)/t21-,22+/m1/s1. The van der Waals surface area contributed by atoms with Crippen molar-refractivity contribution in [1.29, 1.82) is 0 Å². The molecule has 150 valence electrons. The number of carbonyl (C=O) groups excluding carboxylic acids is 1. The molecule has 1 aliphatic rings. The quantitative estimate of drug-likeness (QED) is 0.500. The Morgan fingerprint density at radius 3 is 2.35 bits per heavy atom. The zero-order valence-corrected chi connectivity index (χ0v) is 16.4. The van der Waals surface area contributed by atoms with E-state index in [2.05, 4.69) is 27.3 Å². The Morgan fingerprint density at radius 2 is 1.55 bits per heavy atom. The fourth-order valence-corrected chi connectivity index (χ4v) is 3.40. The average molecular weight is 407 g/mol. The molecule has 31 heavy (non-hydrogen) atoms. The lowest BCUT2D eigenvalue weighted by atomic mass is 10.00. The van der Waals surface area contributed by atoms with E-state index in [0.717, 1.165) is 22.3 Å². The molecule has 1 amide bonds. The second kappa shape index (κ2) is 8.17. The maximum absolute atomic E-state index is 12.0. The molecule has 3 aromatic carbocycles. The van der Waals surface area contributed by atoms with Crippen molar-refractivity contribution < 1.29 is 14.1 Å². The molecule has 0 spiro atoms. The lowest BCUT2D eigenvalue weighted by Gasteiger charge is -2.14. The fraction of sp³-hybridized carbons (Fsp3) is 0.0800. The van der Waals surface area contributed by atoms with Gasteiger partial charge in [-0.2, -0.15) is 4.98 Å². The van der Waals surface area contributed by atoms with Crippen molar-refractivity contribution >= 4 is 6.09 Å². The number of benzene rings is 3. The minimum absolute atomic E-state index is 0.239. The van der Waals surface area contributed by atoms with Crippen LogP contribution in [-0.4, -0.2) is 16.2 Å². The van der Waals surface area contributed by atoms with Crippen LogP contribution >= 0.6 is 0 Å². The maximum Gasteiger partial charge on any atom is 0.408 e. The first kappa shape index (κ1) is 18.6. The normalized spacial score (nSPS) is 17.4. The number of carbonyl (C=O) groups is 1. The van der Waals surface area contributed by atoms with Gasteiger partial charge >= 0.3 is 6.09 Å². The Kier molecular flexibility index (Phi) is 4.91. The van der Waals surface area contributed by atoms with Gasteiger partial charge < -0.3 is 14.6 Å². The van der Waals surface area contributed by atoms with Crippen LogP contribution in [0.1, 0.15) is 34.7 Å². The number of cyclic esters (lactones) is 1. The van der Waals surface area contributed by atoms with Gasteiger partial charge in [-0.15, -0.1) is 0 Å². The summed E-state index contributed by atoms with van der Waals surface area (Å²) in [7, 11) is 0. The summed E-state index contributed by atoms with van der Waals surface area (Å²) in [6, 6.07) is 26.4. The van der Waals surface area contributed by atoms with Crippen LogP contribution in [0.5, 0.6) is 0 Å². The van der Waals surface area contributed by atoms with Crippen molar-refractivity contribution in [3.8, 4) is 23.2 Å². The van der Waals surface area contributed by atoms with Gasteiger partial charge in [0.25, 0.3) is 5.89 Å². The third kappa shape index (κ3) is 4.02. The van der Waals surface area contributed by atoms with Crippen molar-refractivity contribution in [1.82, 2.24) is 15.5 Å². The molecule has 2 heterocycles. The van der Waals surface area contributed by atoms with Gasteiger partial charge in [-0.3, -0.25) is 0 Å². The summed E-state index contributed by atoms with van der Waals surface area (Å²) in [5, 5.41) is 6.87. The molecule has 1 N–H and O–H groups in total. The highest BCUT2D eigenvalue weighted by molar-refractivity contribution is 5.71. The van der Waals surface area contributed by atoms with Gasteiger partial charge in [0.15, 0.2) is 0 Å². The number of rotatable bonds is 3. The van der Waals surface area contributed by atoms with Gasteiger partial charge in [0.05, 0.1) is 0 Å². The highest BCUT2D eigenvalue weighted by atomic mass is 16.6. The molecule has 2 atom stereocenters. The molecule has 0 aliphatic carbocycles. The van der Waals surface area contributed by atoms with E-state index < -0.39 is 18.2 Å². The van der Waals surface area contributed by atoms with E-state index in [0.29, 0.717) is 5.82 Å². The Labute approximate surface area is 178 Å². The van der Waals surface area contributed by atoms with E-state index in [1.165, 1.54) is 0 Å². The Bertz CT molecular complexity index is 1270. The van der Waals surface area contributed by atoms with Crippen molar-refractivity contribution in [3.63, 3.8) is 0 Å². The molecular formula is C25H17N3O3. The van der Waals surface area contributed by atoms with Crippen molar-refractivity contribution in [2.45, 2.75) is 12.1 Å². The molecule has 0 unspecified atom stereocenters. The highest BCUT2D eigenvalue weighted by Gasteiger charge is 2.40.